The fraction of sp³-hybridized carbons (Fsp3) is 0.800. The molecule has 0 bridgehead atoms. The number of carboxylic acid groups (broad SMARTS) is 1. The van der Waals surface area contributed by atoms with Crippen LogP contribution in [0.4, 0.5) is 13.2 Å². The minimum atomic E-state index is -5.08. The maximum absolute atomic E-state index is 12.8. The SMILES string of the molecule is CC1([C@H](NC(=O)C(F)(F)F)C(=O)N2CC3(CC3)C[C@H]2C(=O)O)CC1. The van der Waals surface area contributed by atoms with E-state index in [2.05, 4.69) is 0 Å². The number of rotatable bonds is 4. The van der Waals surface area contributed by atoms with Crippen molar-refractivity contribution in [2.24, 2.45) is 10.8 Å². The Morgan fingerprint density at radius 2 is 1.79 bits per heavy atom. The zero-order chi connectivity index (χ0) is 17.9. The predicted molar refractivity (Wildman–Crippen MR) is 74.7 cm³/mol. The van der Waals surface area contributed by atoms with Crippen LogP contribution in [-0.4, -0.2) is 52.6 Å². The normalized spacial score (nSPS) is 27.7. The van der Waals surface area contributed by atoms with Crippen LogP contribution in [0.15, 0.2) is 0 Å². The summed E-state index contributed by atoms with van der Waals surface area (Å²) in [5, 5.41) is 11.1. The van der Waals surface area contributed by atoms with E-state index < -0.39 is 41.5 Å². The molecule has 3 aliphatic rings. The third-order valence-corrected chi connectivity index (χ3v) is 5.55. The number of alkyl halides is 3. The highest BCUT2D eigenvalue weighted by molar-refractivity contribution is 5.93. The summed E-state index contributed by atoms with van der Waals surface area (Å²) in [7, 11) is 0. The van der Waals surface area contributed by atoms with Crippen LogP contribution in [0.25, 0.3) is 0 Å². The van der Waals surface area contributed by atoms with E-state index >= 15 is 0 Å². The molecule has 0 aromatic rings. The zero-order valence-corrected chi connectivity index (χ0v) is 13.2. The van der Waals surface area contributed by atoms with Crippen molar-refractivity contribution in [1.82, 2.24) is 10.2 Å². The van der Waals surface area contributed by atoms with Crippen LogP contribution in [0.3, 0.4) is 0 Å². The van der Waals surface area contributed by atoms with Crippen LogP contribution in [0.5, 0.6) is 0 Å². The number of carbonyl (C=O) groups excluding carboxylic acids is 2. The monoisotopic (exact) mass is 348 g/mol. The number of amides is 2. The van der Waals surface area contributed by atoms with Crippen LogP contribution in [0, 0.1) is 10.8 Å². The van der Waals surface area contributed by atoms with Gasteiger partial charge in [0.05, 0.1) is 0 Å². The quantitative estimate of drug-likeness (QED) is 0.802. The molecule has 0 aromatic heterocycles. The Morgan fingerprint density at radius 3 is 2.21 bits per heavy atom. The first-order valence-corrected chi connectivity index (χ1v) is 7.89. The lowest BCUT2D eigenvalue weighted by Gasteiger charge is -2.31. The number of hydrogen-bond acceptors (Lipinski definition) is 3. The number of halogens is 3. The largest absolute Gasteiger partial charge is 0.480 e. The summed E-state index contributed by atoms with van der Waals surface area (Å²) in [6.07, 6.45) is -2.10. The number of nitrogens with one attached hydrogen (secondary N) is 1. The summed E-state index contributed by atoms with van der Waals surface area (Å²) in [6, 6.07) is -2.38. The van der Waals surface area contributed by atoms with Crippen LogP contribution >= 0.6 is 0 Å². The van der Waals surface area contributed by atoms with Crippen molar-refractivity contribution < 1.29 is 32.7 Å². The average molecular weight is 348 g/mol. The highest BCUT2D eigenvalue weighted by atomic mass is 19.4. The molecular weight excluding hydrogens is 329 g/mol. The van der Waals surface area contributed by atoms with Crippen LogP contribution in [-0.2, 0) is 14.4 Å². The molecule has 1 aliphatic heterocycles. The number of hydrogen-bond donors (Lipinski definition) is 2. The van der Waals surface area contributed by atoms with E-state index in [4.69, 9.17) is 0 Å². The number of carbonyl (C=O) groups is 3. The van der Waals surface area contributed by atoms with Gasteiger partial charge in [0.1, 0.15) is 12.1 Å². The minimum absolute atomic E-state index is 0.207. The van der Waals surface area contributed by atoms with Gasteiger partial charge >= 0.3 is 18.1 Å². The summed E-state index contributed by atoms with van der Waals surface area (Å²) in [5.41, 5.74) is -0.956. The van der Waals surface area contributed by atoms with Crippen molar-refractivity contribution in [3.63, 3.8) is 0 Å². The molecule has 0 radical (unpaired) electrons. The van der Waals surface area contributed by atoms with Gasteiger partial charge in [-0.1, -0.05) is 6.92 Å². The van der Waals surface area contributed by atoms with Gasteiger partial charge in [0.25, 0.3) is 0 Å². The maximum atomic E-state index is 12.8. The van der Waals surface area contributed by atoms with E-state index in [0.29, 0.717) is 19.3 Å². The predicted octanol–water partition coefficient (Wildman–Crippen LogP) is 1.30. The molecular formula is C15H19F3N2O4. The van der Waals surface area contributed by atoms with Crippen molar-refractivity contribution >= 4 is 17.8 Å². The maximum Gasteiger partial charge on any atom is 0.471 e. The molecule has 2 atom stereocenters. The molecule has 1 spiro atoms. The second-order valence-electron chi connectivity index (χ2n) is 7.58. The van der Waals surface area contributed by atoms with Crippen molar-refractivity contribution in [2.75, 3.05) is 6.54 Å². The second-order valence-corrected chi connectivity index (χ2v) is 7.58. The molecule has 9 heteroatoms. The van der Waals surface area contributed by atoms with Gasteiger partial charge in [-0.2, -0.15) is 13.2 Å². The topological polar surface area (TPSA) is 86.7 Å². The molecule has 2 saturated carbocycles. The summed E-state index contributed by atoms with van der Waals surface area (Å²) < 4.78 is 37.7. The van der Waals surface area contributed by atoms with Gasteiger partial charge in [0, 0.05) is 6.54 Å². The Bertz CT molecular complexity index is 596. The van der Waals surface area contributed by atoms with Gasteiger partial charge < -0.3 is 15.3 Å². The van der Waals surface area contributed by atoms with Gasteiger partial charge in [-0.25, -0.2) is 4.79 Å². The Hall–Kier alpha value is -1.80. The summed E-state index contributed by atoms with van der Waals surface area (Å²) >= 11 is 0. The van der Waals surface area contributed by atoms with Gasteiger partial charge in [-0.15, -0.1) is 0 Å². The lowest BCUT2D eigenvalue weighted by Crippen LogP contribution is -2.57. The fourth-order valence-electron chi connectivity index (χ4n) is 3.45. The number of carboxylic acids is 1. The standard InChI is InChI=1S/C15H19F3N2O4/c1-13(2-3-13)9(19-12(24)15(16,17)18)10(21)20-7-14(4-5-14)6-8(20)11(22)23/h8-9H,2-7H2,1H3,(H,19,24)(H,22,23)/t8-,9+/m0/s1. The third kappa shape index (κ3) is 2.95. The molecule has 3 rings (SSSR count). The van der Waals surface area contributed by atoms with E-state index in [0.717, 1.165) is 17.7 Å². The minimum Gasteiger partial charge on any atom is -0.480 e. The number of aliphatic carboxylic acids is 1. The first-order chi connectivity index (χ1) is 11.0. The molecule has 2 amide bonds. The van der Waals surface area contributed by atoms with E-state index in [1.54, 1.807) is 12.2 Å². The molecule has 1 heterocycles. The molecule has 2 aliphatic carbocycles. The summed E-state index contributed by atoms with van der Waals surface area (Å²) in [5.74, 6) is -4.04. The summed E-state index contributed by atoms with van der Waals surface area (Å²) in [4.78, 5) is 36.7. The summed E-state index contributed by atoms with van der Waals surface area (Å²) in [6.45, 7) is 1.86. The fourth-order valence-corrected chi connectivity index (χ4v) is 3.45. The Morgan fingerprint density at radius 1 is 1.21 bits per heavy atom. The number of nitrogens with zero attached hydrogens (tertiary/aromatic N) is 1. The van der Waals surface area contributed by atoms with Crippen molar-refractivity contribution in [3.05, 3.63) is 0 Å². The lowest BCUT2D eigenvalue weighted by molar-refractivity contribution is -0.176. The van der Waals surface area contributed by atoms with Gasteiger partial charge in [-0.3, -0.25) is 9.59 Å². The Labute approximate surface area is 136 Å². The molecule has 2 N–H and O–H groups in total. The van der Waals surface area contributed by atoms with E-state index in [9.17, 15) is 32.7 Å². The molecule has 1 saturated heterocycles. The average Bonchev–Trinajstić information content (AvgIpc) is 3.34. The zero-order valence-electron chi connectivity index (χ0n) is 13.2. The molecule has 0 unspecified atom stereocenters. The van der Waals surface area contributed by atoms with E-state index in [1.165, 1.54) is 0 Å². The third-order valence-electron chi connectivity index (χ3n) is 5.55. The van der Waals surface area contributed by atoms with Crippen LogP contribution in [0.2, 0.25) is 0 Å². The lowest BCUT2D eigenvalue weighted by atomic mass is 9.97. The molecule has 6 nitrogen and oxygen atoms in total. The van der Waals surface area contributed by atoms with Crippen LogP contribution in [0.1, 0.15) is 39.0 Å². The number of likely N-dealkylation sites (tertiary alicyclic amines) is 1. The first kappa shape index (κ1) is 17.0. The highest BCUT2D eigenvalue weighted by Gasteiger charge is 2.59. The Kier molecular flexibility index (Phi) is 3.62. The molecule has 24 heavy (non-hydrogen) atoms. The molecule has 0 aromatic carbocycles. The van der Waals surface area contributed by atoms with Gasteiger partial charge in [-0.05, 0) is 42.9 Å². The Balaban J connectivity index is 1.81. The van der Waals surface area contributed by atoms with Crippen molar-refractivity contribution in [1.29, 1.82) is 0 Å². The van der Waals surface area contributed by atoms with Gasteiger partial charge in [0.15, 0.2) is 0 Å². The smallest absolute Gasteiger partial charge is 0.471 e. The molecule has 134 valence electrons. The van der Waals surface area contributed by atoms with E-state index in [1.807, 2.05) is 0 Å². The van der Waals surface area contributed by atoms with Crippen LogP contribution < -0.4 is 5.32 Å². The van der Waals surface area contributed by atoms with Crippen molar-refractivity contribution in [2.45, 2.75) is 57.3 Å². The first-order valence-electron chi connectivity index (χ1n) is 7.89. The van der Waals surface area contributed by atoms with E-state index in [-0.39, 0.29) is 12.0 Å². The van der Waals surface area contributed by atoms with Crippen molar-refractivity contribution in [3.8, 4) is 0 Å². The highest BCUT2D eigenvalue weighted by Crippen LogP contribution is 2.56. The molecule has 3 fully saturated rings. The van der Waals surface area contributed by atoms with Gasteiger partial charge in [0.2, 0.25) is 5.91 Å². The second kappa shape index (κ2) is 5.10.